The number of carbonyl (C=O) groups is 1. The maximum atomic E-state index is 12.4. The van der Waals surface area contributed by atoms with Crippen molar-refractivity contribution in [3.05, 3.63) is 24.0 Å². The van der Waals surface area contributed by atoms with Gasteiger partial charge in [-0.05, 0) is 19.3 Å². The minimum atomic E-state index is -0.0422. The van der Waals surface area contributed by atoms with Crippen molar-refractivity contribution in [1.29, 1.82) is 0 Å². The number of carbonyl (C=O) groups excluding carboxylic acids is 1. The predicted octanol–water partition coefficient (Wildman–Crippen LogP) is 4.18. The number of nitrogens with one attached hydrogen (secondary N) is 1. The first-order chi connectivity index (χ1) is 12.3. The van der Waals surface area contributed by atoms with Crippen LogP contribution in [0.1, 0.15) is 58.1 Å². The predicted molar refractivity (Wildman–Crippen MR) is 105 cm³/mol. The van der Waals surface area contributed by atoms with Gasteiger partial charge in [0.05, 0.1) is 22.4 Å². The first kappa shape index (κ1) is 19.4. The van der Waals surface area contributed by atoms with Gasteiger partial charge in [-0.15, -0.1) is 11.8 Å². The van der Waals surface area contributed by atoms with Crippen LogP contribution in [0.15, 0.2) is 21.0 Å². The van der Waals surface area contributed by atoms with Crippen molar-refractivity contribution in [3.63, 3.8) is 0 Å². The second-order valence-corrected chi connectivity index (χ2v) is 10.1. The number of aromatic nitrogens is 2. The van der Waals surface area contributed by atoms with E-state index in [1.807, 2.05) is 0 Å². The molecule has 0 radical (unpaired) electrons. The first-order valence-electron chi connectivity index (χ1n) is 8.91. The molecule has 1 saturated carbocycles. The summed E-state index contributed by atoms with van der Waals surface area (Å²) in [6.07, 6.45) is 7.28. The third-order valence-electron chi connectivity index (χ3n) is 4.43. The standard InChI is InChI=1S/C18H26N4O2S2/c1-18(2,3)13-8-20-14(24-13)10-25-15-9-21-17(26-15)22-16(23)11-5-4-6-12(19)7-11/h8-9,11-12H,4-7,10,19H2,1-3H3,(H,21,22,23). The van der Waals surface area contributed by atoms with Crippen molar-refractivity contribution >= 4 is 34.1 Å². The van der Waals surface area contributed by atoms with Gasteiger partial charge in [-0.2, -0.15) is 0 Å². The summed E-state index contributed by atoms with van der Waals surface area (Å²) >= 11 is 3.09. The molecule has 0 aliphatic heterocycles. The van der Waals surface area contributed by atoms with Gasteiger partial charge in [0, 0.05) is 17.4 Å². The Labute approximate surface area is 162 Å². The molecule has 2 unspecified atom stereocenters. The Kier molecular flexibility index (Phi) is 6.04. The minimum absolute atomic E-state index is 0.00175. The summed E-state index contributed by atoms with van der Waals surface area (Å²) in [5.74, 6) is 2.27. The van der Waals surface area contributed by atoms with E-state index < -0.39 is 0 Å². The second kappa shape index (κ2) is 8.10. The van der Waals surface area contributed by atoms with Crippen molar-refractivity contribution in [3.8, 4) is 0 Å². The summed E-state index contributed by atoms with van der Waals surface area (Å²) in [5.41, 5.74) is 5.93. The van der Waals surface area contributed by atoms with Gasteiger partial charge >= 0.3 is 0 Å². The Morgan fingerprint density at radius 3 is 2.88 bits per heavy atom. The maximum absolute atomic E-state index is 12.4. The van der Waals surface area contributed by atoms with Gasteiger partial charge in [0.2, 0.25) is 11.8 Å². The zero-order chi connectivity index (χ0) is 18.7. The molecule has 0 saturated heterocycles. The number of anilines is 1. The van der Waals surface area contributed by atoms with Crippen LogP contribution in [0, 0.1) is 5.92 Å². The molecule has 0 spiro atoms. The Bertz CT molecular complexity index is 750. The molecular weight excluding hydrogens is 368 g/mol. The van der Waals surface area contributed by atoms with E-state index in [4.69, 9.17) is 10.2 Å². The number of oxazole rings is 1. The van der Waals surface area contributed by atoms with Crippen LogP contribution in [0.3, 0.4) is 0 Å². The fraction of sp³-hybridized carbons (Fsp3) is 0.611. The molecule has 8 heteroatoms. The van der Waals surface area contributed by atoms with Crippen LogP contribution < -0.4 is 11.1 Å². The van der Waals surface area contributed by atoms with Crippen molar-refractivity contribution in [2.45, 2.75) is 67.9 Å². The van der Waals surface area contributed by atoms with E-state index in [0.717, 1.165) is 35.7 Å². The molecule has 26 heavy (non-hydrogen) atoms. The third kappa shape index (κ3) is 5.08. The normalized spacial score (nSPS) is 20.9. The Morgan fingerprint density at radius 2 is 2.19 bits per heavy atom. The SMILES string of the molecule is CC(C)(C)c1cnc(CSc2cnc(NC(=O)C3CCCC(N)C3)s2)o1. The van der Waals surface area contributed by atoms with Crippen molar-refractivity contribution in [2.24, 2.45) is 11.7 Å². The Morgan fingerprint density at radius 1 is 1.38 bits per heavy atom. The van der Waals surface area contributed by atoms with Crippen LogP contribution in [0.25, 0.3) is 0 Å². The quantitative estimate of drug-likeness (QED) is 0.739. The number of nitrogens with two attached hydrogens (primary N) is 1. The van der Waals surface area contributed by atoms with Crippen molar-refractivity contribution in [2.75, 3.05) is 5.32 Å². The molecule has 2 atom stereocenters. The number of rotatable bonds is 5. The van der Waals surface area contributed by atoms with Gasteiger partial charge in [-0.3, -0.25) is 4.79 Å². The molecule has 1 aliphatic carbocycles. The molecule has 0 bridgehead atoms. The average molecular weight is 395 g/mol. The highest BCUT2D eigenvalue weighted by atomic mass is 32.2. The van der Waals surface area contributed by atoms with Crippen molar-refractivity contribution < 1.29 is 9.21 Å². The molecule has 1 amide bonds. The van der Waals surface area contributed by atoms with Crippen LogP contribution >= 0.6 is 23.1 Å². The zero-order valence-electron chi connectivity index (χ0n) is 15.4. The molecule has 142 valence electrons. The zero-order valence-corrected chi connectivity index (χ0v) is 17.1. The molecule has 0 aromatic carbocycles. The van der Waals surface area contributed by atoms with Crippen LogP contribution in [-0.4, -0.2) is 21.9 Å². The number of amides is 1. The summed E-state index contributed by atoms with van der Waals surface area (Å²) in [5, 5.41) is 3.57. The summed E-state index contributed by atoms with van der Waals surface area (Å²) < 4.78 is 6.83. The molecule has 1 fully saturated rings. The summed E-state index contributed by atoms with van der Waals surface area (Å²) in [6, 6.07) is 0.140. The molecule has 1 aliphatic rings. The largest absolute Gasteiger partial charge is 0.444 e. The van der Waals surface area contributed by atoms with Gasteiger partial charge in [-0.25, -0.2) is 9.97 Å². The molecule has 3 N–H and O–H groups in total. The number of nitrogens with zero attached hydrogens (tertiary/aromatic N) is 2. The summed E-state index contributed by atoms with van der Waals surface area (Å²) in [6.45, 7) is 6.30. The van der Waals surface area contributed by atoms with E-state index in [2.05, 4.69) is 36.1 Å². The molecule has 6 nitrogen and oxygen atoms in total. The lowest BCUT2D eigenvalue weighted by atomic mass is 9.86. The number of thiazole rings is 1. The van der Waals surface area contributed by atoms with E-state index in [0.29, 0.717) is 16.8 Å². The van der Waals surface area contributed by atoms with E-state index >= 15 is 0 Å². The lowest BCUT2D eigenvalue weighted by Crippen LogP contribution is -2.34. The average Bonchev–Trinajstić information content (AvgIpc) is 3.21. The van der Waals surface area contributed by atoms with Crippen molar-refractivity contribution in [1.82, 2.24) is 9.97 Å². The van der Waals surface area contributed by atoms with E-state index in [1.165, 1.54) is 11.3 Å². The monoisotopic (exact) mass is 394 g/mol. The number of thioether (sulfide) groups is 1. The minimum Gasteiger partial charge on any atom is -0.444 e. The number of hydrogen-bond acceptors (Lipinski definition) is 7. The highest BCUT2D eigenvalue weighted by Crippen LogP contribution is 2.32. The van der Waals surface area contributed by atoms with Gasteiger partial charge in [0.1, 0.15) is 5.76 Å². The van der Waals surface area contributed by atoms with E-state index in [-0.39, 0.29) is 23.3 Å². The molecule has 2 aromatic rings. The molecule has 3 rings (SSSR count). The van der Waals surface area contributed by atoms with Crippen LogP contribution in [0.2, 0.25) is 0 Å². The van der Waals surface area contributed by atoms with Crippen LogP contribution in [0.4, 0.5) is 5.13 Å². The lowest BCUT2D eigenvalue weighted by Gasteiger charge is -2.25. The van der Waals surface area contributed by atoms with Crippen LogP contribution in [0.5, 0.6) is 0 Å². The smallest absolute Gasteiger partial charge is 0.229 e. The molecular formula is C18H26N4O2S2. The fourth-order valence-electron chi connectivity index (χ4n) is 2.91. The summed E-state index contributed by atoms with van der Waals surface area (Å²) in [7, 11) is 0. The van der Waals surface area contributed by atoms with E-state index in [9.17, 15) is 4.79 Å². The molecule has 2 aromatic heterocycles. The topological polar surface area (TPSA) is 94.0 Å². The van der Waals surface area contributed by atoms with Gasteiger partial charge in [0.15, 0.2) is 5.13 Å². The Hall–Kier alpha value is -1.38. The Balaban J connectivity index is 1.51. The highest BCUT2D eigenvalue weighted by Gasteiger charge is 2.26. The van der Waals surface area contributed by atoms with Gasteiger partial charge in [0.25, 0.3) is 0 Å². The fourth-order valence-corrected chi connectivity index (χ4v) is 4.64. The van der Waals surface area contributed by atoms with E-state index in [1.54, 1.807) is 24.2 Å². The third-order valence-corrected chi connectivity index (χ3v) is 6.52. The van der Waals surface area contributed by atoms with Gasteiger partial charge < -0.3 is 15.5 Å². The number of hydrogen-bond donors (Lipinski definition) is 2. The highest BCUT2D eigenvalue weighted by molar-refractivity contribution is 8.00. The maximum Gasteiger partial charge on any atom is 0.229 e. The first-order valence-corrected chi connectivity index (χ1v) is 10.7. The van der Waals surface area contributed by atoms with Crippen LogP contribution in [-0.2, 0) is 16.0 Å². The second-order valence-electron chi connectivity index (χ2n) is 7.75. The molecule has 2 heterocycles. The lowest BCUT2D eigenvalue weighted by molar-refractivity contribution is -0.120. The summed E-state index contributed by atoms with van der Waals surface area (Å²) in [4.78, 5) is 21.0. The van der Waals surface area contributed by atoms with Gasteiger partial charge in [-0.1, -0.05) is 38.5 Å².